The van der Waals surface area contributed by atoms with Gasteiger partial charge in [0.05, 0.1) is 11.9 Å². The van der Waals surface area contributed by atoms with Crippen LogP contribution in [0.3, 0.4) is 0 Å². The van der Waals surface area contributed by atoms with Crippen molar-refractivity contribution in [2.45, 2.75) is 26.3 Å². The maximum atomic E-state index is 12.9. The molecule has 3 nitrogen and oxygen atoms in total. The molecule has 0 aliphatic rings. The highest BCUT2D eigenvalue weighted by Crippen LogP contribution is 2.31. The van der Waals surface area contributed by atoms with Crippen LogP contribution in [0.25, 0.3) is 21.3 Å². The molecule has 0 fully saturated rings. The lowest BCUT2D eigenvalue weighted by Crippen LogP contribution is -2.25. The lowest BCUT2D eigenvalue weighted by molar-refractivity contribution is 0.651. The minimum Gasteiger partial charge on any atom is -0.284 e. The number of thiophene rings is 1. The molecule has 0 N–H and O–H groups in total. The molecule has 0 bridgehead atoms. The van der Waals surface area contributed by atoms with Crippen LogP contribution in [0.2, 0.25) is 0 Å². The first-order valence-electron chi connectivity index (χ1n) is 7.14. The minimum absolute atomic E-state index is 0.0493. The van der Waals surface area contributed by atoms with E-state index in [1.54, 1.807) is 4.57 Å². The number of hydrogen-bond donors (Lipinski definition) is 0. The fourth-order valence-corrected chi connectivity index (χ4v) is 3.50. The summed E-state index contributed by atoms with van der Waals surface area (Å²) in [5, 5.41) is 2.66. The smallest absolute Gasteiger partial charge is 0.263 e. The van der Waals surface area contributed by atoms with Crippen molar-refractivity contribution in [1.29, 1.82) is 0 Å². The lowest BCUT2D eigenvalue weighted by Gasteiger charge is -2.12. The Morgan fingerprint density at radius 2 is 2.05 bits per heavy atom. The van der Waals surface area contributed by atoms with E-state index in [1.807, 2.05) is 49.6 Å². The van der Waals surface area contributed by atoms with E-state index in [-0.39, 0.29) is 18.0 Å². The van der Waals surface area contributed by atoms with E-state index in [1.165, 1.54) is 11.3 Å². The van der Waals surface area contributed by atoms with Crippen molar-refractivity contribution in [2.75, 3.05) is 0 Å². The SMILES string of the molecule is C#CCn1c(C(C)C)nc2scc(-c3ccccc3)c2c1=O. The molecule has 0 spiro atoms. The highest BCUT2D eigenvalue weighted by atomic mass is 32.1. The largest absolute Gasteiger partial charge is 0.284 e. The third-order valence-corrected chi connectivity index (χ3v) is 4.45. The summed E-state index contributed by atoms with van der Waals surface area (Å²) in [7, 11) is 0. The molecule has 0 amide bonds. The van der Waals surface area contributed by atoms with Gasteiger partial charge in [-0.15, -0.1) is 17.8 Å². The molecule has 22 heavy (non-hydrogen) atoms. The Balaban J connectivity index is 2.35. The third-order valence-electron chi connectivity index (χ3n) is 3.57. The molecule has 1 aromatic carbocycles. The fourth-order valence-electron chi connectivity index (χ4n) is 2.56. The molecule has 0 radical (unpaired) electrons. The van der Waals surface area contributed by atoms with Crippen LogP contribution in [0.1, 0.15) is 25.6 Å². The summed E-state index contributed by atoms with van der Waals surface area (Å²) in [5.74, 6) is 3.46. The maximum absolute atomic E-state index is 12.9. The third kappa shape index (κ3) is 2.34. The Labute approximate surface area is 133 Å². The monoisotopic (exact) mass is 308 g/mol. The van der Waals surface area contributed by atoms with Gasteiger partial charge in [0.25, 0.3) is 5.56 Å². The first-order valence-corrected chi connectivity index (χ1v) is 8.02. The topological polar surface area (TPSA) is 34.9 Å². The number of aromatic nitrogens is 2. The number of benzene rings is 1. The molecule has 0 aliphatic heterocycles. The highest BCUT2D eigenvalue weighted by Gasteiger charge is 2.17. The Morgan fingerprint density at radius 1 is 1.32 bits per heavy atom. The lowest BCUT2D eigenvalue weighted by atomic mass is 10.1. The van der Waals surface area contributed by atoms with Gasteiger partial charge in [0.2, 0.25) is 0 Å². The molecule has 4 heteroatoms. The zero-order valence-electron chi connectivity index (χ0n) is 12.5. The number of terminal acetylenes is 1. The standard InChI is InChI=1S/C18H16N2OS/c1-4-10-20-16(12(2)3)19-17-15(18(20)21)14(11-22-17)13-8-6-5-7-9-13/h1,5-9,11-12H,10H2,2-3H3. The molecule has 110 valence electrons. The zero-order valence-corrected chi connectivity index (χ0v) is 13.4. The van der Waals surface area contributed by atoms with Crippen LogP contribution in [0.5, 0.6) is 0 Å². The van der Waals surface area contributed by atoms with E-state index in [0.717, 1.165) is 21.8 Å². The van der Waals surface area contributed by atoms with Gasteiger partial charge >= 0.3 is 0 Å². The van der Waals surface area contributed by atoms with E-state index in [2.05, 4.69) is 10.9 Å². The van der Waals surface area contributed by atoms with Crippen molar-refractivity contribution in [3.63, 3.8) is 0 Å². The normalized spacial score (nSPS) is 11.0. The van der Waals surface area contributed by atoms with Crippen LogP contribution in [0, 0.1) is 12.3 Å². The molecule has 2 aromatic heterocycles. The molecule has 3 aromatic rings. The molecular weight excluding hydrogens is 292 g/mol. The van der Waals surface area contributed by atoms with E-state index >= 15 is 0 Å². The minimum atomic E-state index is -0.0493. The fraction of sp³-hybridized carbons (Fsp3) is 0.222. The average molecular weight is 308 g/mol. The van der Waals surface area contributed by atoms with Crippen molar-refractivity contribution in [2.24, 2.45) is 0 Å². The van der Waals surface area contributed by atoms with Gasteiger partial charge in [-0.25, -0.2) is 4.98 Å². The highest BCUT2D eigenvalue weighted by molar-refractivity contribution is 7.17. The van der Waals surface area contributed by atoms with E-state index in [9.17, 15) is 4.79 Å². The number of rotatable bonds is 3. The van der Waals surface area contributed by atoms with Crippen molar-refractivity contribution >= 4 is 21.6 Å². The number of nitrogens with zero attached hydrogens (tertiary/aromatic N) is 2. The molecule has 3 rings (SSSR count). The van der Waals surface area contributed by atoms with Gasteiger partial charge in [0.1, 0.15) is 10.7 Å². The molecule has 0 atom stereocenters. The van der Waals surface area contributed by atoms with Gasteiger partial charge in [-0.2, -0.15) is 0 Å². The first-order chi connectivity index (χ1) is 10.6. The van der Waals surface area contributed by atoms with Crippen LogP contribution in [0.4, 0.5) is 0 Å². The maximum Gasteiger partial charge on any atom is 0.263 e. The van der Waals surface area contributed by atoms with E-state index < -0.39 is 0 Å². The van der Waals surface area contributed by atoms with Crippen LogP contribution >= 0.6 is 11.3 Å². The summed E-state index contributed by atoms with van der Waals surface area (Å²) in [6.45, 7) is 4.29. The van der Waals surface area contributed by atoms with E-state index in [4.69, 9.17) is 6.42 Å². The Bertz CT molecular complexity index is 914. The number of hydrogen-bond acceptors (Lipinski definition) is 3. The van der Waals surface area contributed by atoms with E-state index in [0.29, 0.717) is 5.39 Å². The van der Waals surface area contributed by atoms with Gasteiger partial charge in [-0.3, -0.25) is 9.36 Å². The van der Waals surface area contributed by atoms with Crippen LogP contribution in [-0.2, 0) is 6.54 Å². The molecule has 0 unspecified atom stereocenters. The average Bonchev–Trinajstić information content (AvgIpc) is 2.95. The van der Waals surface area contributed by atoms with Gasteiger partial charge in [0, 0.05) is 16.9 Å². The molecule has 0 aliphatic carbocycles. The summed E-state index contributed by atoms with van der Waals surface area (Å²) in [4.78, 5) is 18.4. The van der Waals surface area contributed by atoms with Crippen molar-refractivity contribution in [1.82, 2.24) is 9.55 Å². The summed E-state index contributed by atoms with van der Waals surface area (Å²) >= 11 is 1.51. The Hall–Kier alpha value is -2.38. The van der Waals surface area contributed by atoms with Crippen molar-refractivity contribution in [3.8, 4) is 23.5 Å². The molecule has 0 saturated carbocycles. The van der Waals surface area contributed by atoms with Gasteiger partial charge in [-0.05, 0) is 5.56 Å². The van der Waals surface area contributed by atoms with Crippen molar-refractivity contribution in [3.05, 3.63) is 51.9 Å². The second-order valence-corrected chi connectivity index (χ2v) is 6.27. The number of fused-ring (bicyclic) bond motifs is 1. The van der Waals surface area contributed by atoms with Gasteiger partial charge in [-0.1, -0.05) is 50.1 Å². The molecular formula is C18H16N2OS. The second-order valence-electron chi connectivity index (χ2n) is 5.42. The summed E-state index contributed by atoms with van der Waals surface area (Å²) < 4.78 is 1.62. The van der Waals surface area contributed by atoms with Gasteiger partial charge < -0.3 is 0 Å². The summed E-state index contributed by atoms with van der Waals surface area (Å²) in [5.41, 5.74) is 1.91. The second kappa shape index (κ2) is 5.78. The van der Waals surface area contributed by atoms with Gasteiger partial charge in [0.15, 0.2) is 0 Å². The Kier molecular flexibility index (Phi) is 3.82. The predicted octanol–water partition coefficient (Wildman–Crippen LogP) is 3.88. The Morgan fingerprint density at radius 3 is 2.68 bits per heavy atom. The zero-order chi connectivity index (χ0) is 15.7. The molecule has 0 saturated heterocycles. The first kappa shape index (κ1) is 14.6. The van der Waals surface area contributed by atoms with Crippen LogP contribution < -0.4 is 5.56 Å². The summed E-state index contributed by atoms with van der Waals surface area (Å²) in [6.07, 6.45) is 5.43. The van der Waals surface area contributed by atoms with Crippen molar-refractivity contribution < 1.29 is 0 Å². The van der Waals surface area contributed by atoms with Crippen LogP contribution in [0.15, 0.2) is 40.5 Å². The summed E-state index contributed by atoms with van der Waals surface area (Å²) in [6, 6.07) is 9.90. The van der Waals surface area contributed by atoms with Crippen LogP contribution in [-0.4, -0.2) is 9.55 Å². The predicted molar refractivity (Wildman–Crippen MR) is 92.2 cm³/mol. The molecule has 2 heterocycles. The quantitative estimate of drug-likeness (QED) is 0.688.